The Kier molecular flexibility index (Phi) is 1.96. The Bertz CT molecular complexity index is 257. The van der Waals surface area contributed by atoms with Gasteiger partial charge in [0.1, 0.15) is 12.2 Å². The molecule has 2 atom stereocenters. The molecule has 0 amide bonds. The first kappa shape index (κ1) is 9.83. The largest absolute Gasteiger partial charge is 0.371 e. The van der Waals surface area contributed by atoms with E-state index in [9.17, 15) is 0 Å². The van der Waals surface area contributed by atoms with Crippen molar-refractivity contribution < 1.29 is 18.9 Å². The Morgan fingerprint density at radius 2 is 1.19 bits per heavy atom. The Morgan fingerprint density at radius 1 is 0.812 bits per heavy atom. The molecule has 0 aromatic heterocycles. The second-order valence-electron chi connectivity index (χ2n) is 5.52. The average molecular weight is 226 g/mol. The molecule has 2 aliphatic heterocycles. The summed E-state index contributed by atoms with van der Waals surface area (Å²) in [5, 5.41) is 0. The van der Waals surface area contributed by atoms with Gasteiger partial charge < -0.3 is 18.9 Å². The van der Waals surface area contributed by atoms with Crippen LogP contribution in [0.25, 0.3) is 0 Å². The van der Waals surface area contributed by atoms with Crippen LogP contribution in [0.15, 0.2) is 0 Å². The molecule has 2 aliphatic carbocycles. The van der Waals surface area contributed by atoms with Crippen molar-refractivity contribution in [1.82, 2.24) is 0 Å². The number of ether oxygens (including phenoxy) is 4. The van der Waals surface area contributed by atoms with Gasteiger partial charge in [-0.2, -0.15) is 0 Å². The third kappa shape index (κ3) is 1.68. The molecular weight excluding hydrogens is 208 g/mol. The zero-order valence-electron chi connectivity index (χ0n) is 9.44. The van der Waals surface area contributed by atoms with E-state index in [1.165, 1.54) is 0 Å². The van der Waals surface area contributed by atoms with Crippen LogP contribution in [-0.2, 0) is 18.9 Å². The molecule has 0 aromatic carbocycles. The van der Waals surface area contributed by atoms with Gasteiger partial charge in [0.25, 0.3) is 0 Å². The van der Waals surface area contributed by atoms with Crippen LogP contribution in [-0.4, -0.2) is 49.8 Å². The first-order valence-corrected chi connectivity index (χ1v) is 6.33. The average Bonchev–Trinajstić information content (AvgIpc) is 3.17. The summed E-state index contributed by atoms with van der Waals surface area (Å²) in [4.78, 5) is 0. The molecule has 16 heavy (non-hydrogen) atoms. The van der Waals surface area contributed by atoms with E-state index >= 15 is 0 Å². The van der Waals surface area contributed by atoms with Gasteiger partial charge in [-0.05, 0) is 25.7 Å². The predicted octanol–water partition coefficient (Wildman–Crippen LogP) is 0.882. The molecule has 4 fully saturated rings. The minimum atomic E-state index is 0.0356. The van der Waals surface area contributed by atoms with E-state index < -0.39 is 0 Å². The molecule has 2 saturated heterocycles. The summed E-state index contributed by atoms with van der Waals surface area (Å²) in [7, 11) is 0. The summed E-state index contributed by atoms with van der Waals surface area (Å²) >= 11 is 0. The van der Waals surface area contributed by atoms with Crippen molar-refractivity contribution in [3.05, 3.63) is 0 Å². The van der Waals surface area contributed by atoms with Crippen LogP contribution >= 0.6 is 0 Å². The first-order chi connectivity index (χ1) is 7.82. The SMILES string of the molecule is C1OC1COC1(C2(OCC3CO3)CC2)CC1. The van der Waals surface area contributed by atoms with Crippen molar-refractivity contribution in [2.24, 2.45) is 0 Å². The zero-order valence-corrected chi connectivity index (χ0v) is 9.44. The van der Waals surface area contributed by atoms with Crippen molar-refractivity contribution in [2.75, 3.05) is 26.4 Å². The van der Waals surface area contributed by atoms with Gasteiger partial charge in [0.15, 0.2) is 0 Å². The molecule has 4 aliphatic rings. The van der Waals surface area contributed by atoms with Gasteiger partial charge in [-0.25, -0.2) is 0 Å². The molecule has 0 spiro atoms. The minimum absolute atomic E-state index is 0.0356. The van der Waals surface area contributed by atoms with Crippen LogP contribution in [0, 0.1) is 0 Å². The van der Waals surface area contributed by atoms with Gasteiger partial charge in [-0.3, -0.25) is 0 Å². The van der Waals surface area contributed by atoms with Crippen LogP contribution in [0.5, 0.6) is 0 Å². The van der Waals surface area contributed by atoms with Gasteiger partial charge in [-0.15, -0.1) is 0 Å². The molecule has 90 valence electrons. The minimum Gasteiger partial charge on any atom is -0.371 e. The lowest BCUT2D eigenvalue weighted by molar-refractivity contribution is -0.112. The highest BCUT2D eigenvalue weighted by Crippen LogP contribution is 2.62. The summed E-state index contributed by atoms with van der Waals surface area (Å²) in [6.45, 7) is 3.26. The topological polar surface area (TPSA) is 43.5 Å². The highest BCUT2D eigenvalue weighted by Gasteiger charge is 2.68. The highest BCUT2D eigenvalue weighted by atomic mass is 16.6. The standard InChI is InChI=1S/C12H18O4/c1-2-11(1,15-7-9-5-13-9)12(3-4-12)16-8-10-6-14-10/h9-10H,1-8H2. The Balaban J connectivity index is 1.34. The maximum absolute atomic E-state index is 6.05. The lowest BCUT2D eigenvalue weighted by Crippen LogP contribution is -2.38. The molecule has 4 heteroatoms. The molecule has 0 bridgehead atoms. The number of hydrogen-bond acceptors (Lipinski definition) is 4. The van der Waals surface area contributed by atoms with Crippen LogP contribution in [0.2, 0.25) is 0 Å². The van der Waals surface area contributed by atoms with Crippen LogP contribution in [0.4, 0.5) is 0 Å². The van der Waals surface area contributed by atoms with E-state index in [0.29, 0.717) is 12.2 Å². The maximum Gasteiger partial charge on any atom is 0.104 e. The molecule has 0 aromatic rings. The second-order valence-corrected chi connectivity index (χ2v) is 5.52. The summed E-state index contributed by atoms with van der Waals surface area (Å²) in [6, 6.07) is 0. The predicted molar refractivity (Wildman–Crippen MR) is 55.3 cm³/mol. The Labute approximate surface area is 95.2 Å². The normalized spacial score (nSPS) is 40.5. The third-order valence-corrected chi connectivity index (χ3v) is 4.13. The Hall–Kier alpha value is -0.160. The fraction of sp³-hybridized carbons (Fsp3) is 1.00. The van der Waals surface area contributed by atoms with Crippen molar-refractivity contribution in [2.45, 2.75) is 49.1 Å². The number of hydrogen-bond donors (Lipinski definition) is 0. The fourth-order valence-corrected chi connectivity index (χ4v) is 2.52. The van der Waals surface area contributed by atoms with Crippen molar-refractivity contribution in [3.8, 4) is 0 Å². The molecule has 0 N–H and O–H groups in total. The van der Waals surface area contributed by atoms with Crippen LogP contribution in [0.3, 0.4) is 0 Å². The van der Waals surface area contributed by atoms with Crippen molar-refractivity contribution in [3.63, 3.8) is 0 Å². The van der Waals surface area contributed by atoms with Gasteiger partial charge in [-0.1, -0.05) is 0 Å². The Morgan fingerprint density at radius 3 is 1.44 bits per heavy atom. The molecular formula is C12H18O4. The summed E-state index contributed by atoms with van der Waals surface area (Å²) in [5.41, 5.74) is 0.0711. The van der Waals surface area contributed by atoms with E-state index in [1.54, 1.807) is 0 Å². The van der Waals surface area contributed by atoms with E-state index in [4.69, 9.17) is 18.9 Å². The molecule has 0 radical (unpaired) electrons. The van der Waals surface area contributed by atoms with Crippen molar-refractivity contribution in [1.29, 1.82) is 0 Å². The van der Waals surface area contributed by atoms with Crippen molar-refractivity contribution >= 4 is 0 Å². The number of epoxide rings is 2. The summed E-state index contributed by atoms with van der Waals surface area (Å²) < 4.78 is 22.5. The smallest absolute Gasteiger partial charge is 0.104 e. The lowest BCUT2D eigenvalue weighted by atomic mass is 10.1. The molecule has 4 nitrogen and oxygen atoms in total. The summed E-state index contributed by atoms with van der Waals surface area (Å²) in [6.07, 6.45) is 5.35. The maximum atomic E-state index is 6.05. The van der Waals surface area contributed by atoms with E-state index in [1.807, 2.05) is 0 Å². The highest BCUT2D eigenvalue weighted by molar-refractivity contribution is 5.20. The van der Waals surface area contributed by atoms with Gasteiger partial charge >= 0.3 is 0 Å². The zero-order chi connectivity index (χ0) is 10.6. The monoisotopic (exact) mass is 226 g/mol. The molecule has 2 heterocycles. The fourth-order valence-electron chi connectivity index (χ4n) is 2.52. The van der Waals surface area contributed by atoms with Gasteiger partial charge in [0, 0.05) is 0 Å². The first-order valence-electron chi connectivity index (χ1n) is 6.33. The summed E-state index contributed by atoms with van der Waals surface area (Å²) in [5.74, 6) is 0. The molecule has 2 saturated carbocycles. The van der Waals surface area contributed by atoms with Gasteiger partial charge in [0.2, 0.25) is 0 Å². The van der Waals surface area contributed by atoms with Crippen LogP contribution in [0.1, 0.15) is 25.7 Å². The van der Waals surface area contributed by atoms with E-state index in [0.717, 1.165) is 52.1 Å². The van der Waals surface area contributed by atoms with Crippen LogP contribution < -0.4 is 0 Å². The van der Waals surface area contributed by atoms with E-state index in [2.05, 4.69) is 0 Å². The van der Waals surface area contributed by atoms with E-state index in [-0.39, 0.29) is 11.2 Å². The quantitative estimate of drug-likeness (QED) is 0.604. The second kappa shape index (κ2) is 3.19. The number of rotatable bonds is 7. The molecule has 4 rings (SSSR count). The van der Waals surface area contributed by atoms with Gasteiger partial charge in [0.05, 0.1) is 37.6 Å². The lowest BCUT2D eigenvalue weighted by Gasteiger charge is -2.27. The molecule has 2 unspecified atom stereocenters. The third-order valence-electron chi connectivity index (χ3n) is 4.13.